The molecule has 0 radical (unpaired) electrons. The quantitative estimate of drug-likeness (QED) is 0.626. The Morgan fingerprint density at radius 2 is 1.82 bits per heavy atom. The third kappa shape index (κ3) is 3.73. The molecule has 0 saturated heterocycles. The zero-order chi connectivity index (χ0) is 16.0. The summed E-state index contributed by atoms with van der Waals surface area (Å²) in [4.78, 5) is 24.7. The van der Waals surface area contributed by atoms with Crippen molar-refractivity contribution >= 4 is 17.5 Å². The van der Waals surface area contributed by atoms with E-state index in [4.69, 9.17) is 0 Å². The van der Waals surface area contributed by atoms with E-state index in [9.17, 15) is 9.59 Å². The van der Waals surface area contributed by atoms with Crippen LogP contribution in [-0.2, 0) is 9.59 Å². The maximum Gasteiger partial charge on any atom is 0.240 e. The van der Waals surface area contributed by atoms with Crippen molar-refractivity contribution in [2.75, 3.05) is 5.32 Å². The van der Waals surface area contributed by atoms with Gasteiger partial charge in [-0.2, -0.15) is 0 Å². The molecule has 0 aromatic heterocycles. The molecule has 2 rings (SSSR count). The summed E-state index contributed by atoms with van der Waals surface area (Å²) < 4.78 is 0. The molecule has 1 aromatic rings. The lowest BCUT2D eigenvalue weighted by Crippen LogP contribution is -2.39. The lowest BCUT2D eigenvalue weighted by atomic mass is 10.0. The predicted octanol–water partition coefficient (Wildman–Crippen LogP) is 3.17. The van der Waals surface area contributed by atoms with Gasteiger partial charge in [0.05, 0.1) is 0 Å². The third-order valence-electron chi connectivity index (χ3n) is 3.56. The summed E-state index contributed by atoms with van der Waals surface area (Å²) >= 11 is 0. The number of anilines is 1. The van der Waals surface area contributed by atoms with E-state index >= 15 is 0 Å². The first-order valence-corrected chi connectivity index (χ1v) is 7.22. The van der Waals surface area contributed by atoms with Crippen LogP contribution in [0.2, 0.25) is 0 Å². The highest BCUT2D eigenvalue weighted by Gasteiger charge is 2.56. The Morgan fingerprint density at radius 3 is 2.41 bits per heavy atom. The van der Waals surface area contributed by atoms with Gasteiger partial charge in [-0.15, -0.1) is 0 Å². The van der Waals surface area contributed by atoms with Crippen LogP contribution in [0.4, 0.5) is 5.69 Å². The zero-order valence-corrected chi connectivity index (χ0v) is 12.6. The molecule has 4 heteroatoms. The van der Waals surface area contributed by atoms with E-state index in [-0.39, 0.29) is 11.8 Å². The molecule has 1 aromatic carbocycles. The van der Waals surface area contributed by atoms with Gasteiger partial charge in [-0.25, -0.2) is 0 Å². The maximum atomic E-state index is 12.4. The van der Waals surface area contributed by atoms with Crippen LogP contribution in [0.3, 0.4) is 0 Å². The van der Waals surface area contributed by atoms with Crippen LogP contribution < -0.4 is 10.6 Å². The van der Waals surface area contributed by atoms with Crippen LogP contribution in [0.1, 0.15) is 19.8 Å². The number of benzene rings is 1. The monoisotopic (exact) mass is 296 g/mol. The summed E-state index contributed by atoms with van der Waals surface area (Å²) in [7, 11) is 0. The average molecular weight is 296 g/mol. The van der Waals surface area contributed by atoms with Crippen molar-refractivity contribution in [2.24, 2.45) is 5.41 Å². The summed E-state index contributed by atoms with van der Waals surface area (Å²) in [5.74, 6) is -0.493. The molecule has 0 unspecified atom stereocenters. The van der Waals surface area contributed by atoms with E-state index in [2.05, 4.69) is 17.2 Å². The number of rotatable bonds is 6. The Hall–Kier alpha value is -2.62. The number of para-hydroxylation sites is 1. The van der Waals surface area contributed by atoms with Gasteiger partial charge >= 0.3 is 0 Å². The lowest BCUT2D eigenvalue weighted by Gasteiger charge is -2.15. The van der Waals surface area contributed by atoms with Gasteiger partial charge in [0.2, 0.25) is 11.8 Å². The molecule has 0 aliphatic heterocycles. The van der Waals surface area contributed by atoms with Gasteiger partial charge in [0, 0.05) is 11.4 Å². The van der Waals surface area contributed by atoms with Crippen molar-refractivity contribution in [1.29, 1.82) is 0 Å². The smallest absolute Gasteiger partial charge is 0.240 e. The Kier molecular flexibility index (Phi) is 4.94. The highest BCUT2D eigenvalue weighted by molar-refractivity contribution is 6.13. The molecule has 1 aliphatic rings. The van der Waals surface area contributed by atoms with E-state index < -0.39 is 5.41 Å². The van der Waals surface area contributed by atoms with Crippen molar-refractivity contribution < 1.29 is 9.59 Å². The van der Waals surface area contributed by atoms with Crippen molar-refractivity contribution in [1.82, 2.24) is 5.32 Å². The fourth-order valence-corrected chi connectivity index (χ4v) is 2.07. The molecule has 1 saturated carbocycles. The summed E-state index contributed by atoms with van der Waals surface area (Å²) in [6, 6.07) is 9.16. The molecule has 2 N–H and O–H groups in total. The van der Waals surface area contributed by atoms with Crippen molar-refractivity contribution in [3.63, 3.8) is 0 Å². The van der Waals surface area contributed by atoms with E-state index in [0.29, 0.717) is 24.2 Å². The number of carbonyl (C=O) groups is 2. The highest BCUT2D eigenvalue weighted by atomic mass is 16.2. The number of hydrogen-bond acceptors (Lipinski definition) is 2. The topological polar surface area (TPSA) is 58.2 Å². The van der Waals surface area contributed by atoms with Gasteiger partial charge in [0.25, 0.3) is 0 Å². The van der Waals surface area contributed by atoms with Gasteiger partial charge in [-0.3, -0.25) is 9.59 Å². The fraction of sp³-hybridized carbons (Fsp3) is 0.222. The van der Waals surface area contributed by atoms with E-state index in [1.165, 1.54) is 0 Å². The largest absolute Gasteiger partial charge is 0.329 e. The molecule has 1 aliphatic carbocycles. The van der Waals surface area contributed by atoms with Crippen LogP contribution in [0, 0.1) is 5.41 Å². The molecule has 4 nitrogen and oxygen atoms in total. The van der Waals surface area contributed by atoms with Crippen molar-refractivity contribution in [3.05, 3.63) is 66.9 Å². The second-order valence-electron chi connectivity index (χ2n) is 5.33. The minimum atomic E-state index is -0.937. The molecule has 0 bridgehead atoms. The SMILES string of the molecule is C=C/C=C\C=C(/C)NC(=O)C1(C(=O)Nc2ccccc2)CC1. The second kappa shape index (κ2) is 6.89. The van der Waals surface area contributed by atoms with Crippen LogP contribution in [0.15, 0.2) is 66.9 Å². The van der Waals surface area contributed by atoms with Crippen molar-refractivity contribution in [2.45, 2.75) is 19.8 Å². The summed E-state index contributed by atoms with van der Waals surface area (Å²) in [6.07, 6.45) is 8.13. The lowest BCUT2D eigenvalue weighted by molar-refractivity contribution is -0.133. The zero-order valence-electron chi connectivity index (χ0n) is 12.6. The molecule has 2 amide bonds. The van der Waals surface area contributed by atoms with Gasteiger partial charge in [-0.1, -0.05) is 43.0 Å². The van der Waals surface area contributed by atoms with Crippen LogP contribution in [-0.4, -0.2) is 11.8 Å². The van der Waals surface area contributed by atoms with Gasteiger partial charge in [0.1, 0.15) is 5.41 Å². The predicted molar refractivity (Wildman–Crippen MR) is 88.0 cm³/mol. The van der Waals surface area contributed by atoms with E-state index in [1.807, 2.05) is 18.2 Å². The molecule has 0 spiro atoms. The molecular weight excluding hydrogens is 276 g/mol. The van der Waals surface area contributed by atoms with E-state index in [1.54, 1.807) is 43.4 Å². The first kappa shape index (κ1) is 15.8. The average Bonchev–Trinajstić information content (AvgIpc) is 3.30. The number of nitrogens with one attached hydrogen (secondary N) is 2. The number of amides is 2. The summed E-state index contributed by atoms with van der Waals surface area (Å²) in [5.41, 5.74) is 0.460. The number of hydrogen-bond donors (Lipinski definition) is 2. The molecule has 1 fully saturated rings. The van der Waals surface area contributed by atoms with Crippen LogP contribution in [0.5, 0.6) is 0 Å². The highest BCUT2D eigenvalue weighted by Crippen LogP contribution is 2.47. The molecular formula is C18H20N2O2. The molecule has 0 heterocycles. The Labute approximate surface area is 130 Å². The first-order chi connectivity index (χ1) is 10.6. The Morgan fingerprint density at radius 1 is 1.14 bits per heavy atom. The minimum Gasteiger partial charge on any atom is -0.329 e. The second-order valence-corrected chi connectivity index (χ2v) is 5.33. The number of carbonyl (C=O) groups excluding carboxylic acids is 2. The third-order valence-corrected chi connectivity index (χ3v) is 3.56. The molecule has 22 heavy (non-hydrogen) atoms. The normalized spacial score (nSPS) is 16.1. The fourth-order valence-electron chi connectivity index (χ4n) is 2.07. The number of allylic oxidation sites excluding steroid dienone is 5. The molecule has 0 atom stereocenters. The van der Waals surface area contributed by atoms with Gasteiger partial charge < -0.3 is 10.6 Å². The van der Waals surface area contributed by atoms with Gasteiger partial charge in [0.15, 0.2) is 0 Å². The van der Waals surface area contributed by atoms with Gasteiger partial charge in [-0.05, 0) is 38.0 Å². The Bertz CT molecular complexity index is 626. The van der Waals surface area contributed by atoms with Crippen molar-refractivity contribution in [3.8, 4) is 0 Å². The maximum absolute atomic E-state index is 12.4. The van der Waals surface area contributed by atoms with E-state index in [0.717, 1.165) is 0 Å². The molecule has 114 valence electrons. The Balaban J connectivity index is 1.99. The van der Waals surface area contributed by atoms with Crippen LogP contribution in [0.25, 0.3) is 0 Å². The minimum absolute atomic E-state index is 0.245. The first-order valence-electron chi connectivity index (χ1n) is 7.22. The summed E-state index contributed by atoms with van der Waals surface area (Å²) in [5, 5.41) is 5.59. The summed E-state index contributed by atoms with van der Waals surface area (Å²) in [6.45, 7) is 5.36. The standard InChI is InChI=1S/C18H20N2O2/c1-3-4-6-9-14(2)19-16(21)18(12-13-18)17(22)20-15-10-7-5-8-11-15/h3-11H,1,12-13H2,2H3,(H,19,21)(H,20,22)/b6-4-,14-9+. The van der Waals surface area contributed by atoms with Crippen LogP contribution >= 0.6 is 0 Å².